The summed E-state index contributed by atoms with van der Waals surface area (Å²) in [5.41, 5.74) is 0. The Morgan fingerprint density at radius 2 is 2.27 bits per heavy atom. The van der Waals surface area contributed by atoms with E-state index in [0.29, 0.717) is 18.1 Å². The molecule has 0 aliphatic carbocycles. The molecule has 2 saturated heterocycles. The Bertz CT molecular complexity index is 262. The molecule has 15 heavy (non-hydrogen) atoms. The molecular formula is C11H18BrNO2. The number of amides is 1. The van der Waals surface area contributed by atoms with Gasteiger partial charge < -0.3 is 10.1 Å². The average molecular weight is 276 g/mol. The van der Waals surface area contributed by atoms with Gasteiger partial charge in [0.2, 0.25) is 5.91 Å². The van der Waals surface area contributed by atoms with Gasteiger partial charge in [0.05, 0.1) is 16.5 Å². The lowest BCUT2D eigenvalue weighted by Crippen LogP contribution is -2.41. The van der Waals surface area contributed by atoms with E-state index in [1.807, 2.05) is 13.8 Å². The van der Waals surface area contributed by atoms with E-state index in [2.05, 4.69) is 21.2 Å². The number of carbonyl (C=O) groups is 1. The zero-order chi connectivity index (χ0) is 11.1. The molecule has 0 radical (unpaired) electrons. The predicted octanol–water partition coefficient (Wildman–Crippen LogP) is 1.84. The van der Waals surface area contributed by atoms with Gasteiger partial charge in [0.1, 0.15) is 0 Å². The van der Waals surface area contributed by atoms with Crippen LogP contribution in [0.25, 0.3) is 0 Å². The highest BCUT2D eigenvalue weighted by atomic mass is 79.9. The van der Waals surface area contributed by atoms with E-state index in [-0.39, 0.29) is 5.91 Å². The van der Waals surface area contributed by atoms with E-state index in [9.17, 15) is 4.79 Å². The lowest BCUT2D eigenvalue weighted by atomic mass is 9.89. The van der Waals surface area contributed by atoms with Crippen LogP contribution in [0.2, 0.25) is 0 Å². The summed E-state index contributed by atoms with van der Waals surface area (Å²) in [6.45, 7) is 4.48. The van der Waals surface area contributed by atoms with Crippen molar-refractivity contribution in [1.82, 2.24) is 5.32 Å². The fourth-order valence-corrected chi connectivity index (χ4v) is 2.53. The fraction of sp³-hybridized carbons (Fsp3) is 0.909. The lowest BCUT2D eigenvalue weighted by Gasteiger charge is -2.21. The van der Waals surface area contributed by atoms with Crippen LogP contribution in [0.4, 0.5) is 0 Å². The second-order valence-corrected chi connectivity index (χ2v) is 7.03. The number of halogens is 1. The molecule has 2 rings (SSSR count). The van der Waals surface area contributed by atoms with Crippen LogP contribution < -0.4 is 5.32 Å². The monoisotopic (exact) mass is 275 g/mol. The van der Waals surface area contributed by atoms with Crippen LogP contribution in [0.5, 0.6) is 0 Å². The van der Waals surface area contributed by atoms with Gasteiger partial charge in [-0.2, -0.15) is 0 Å². The van der Waals surface area contributed by atoms with E-state index in [1.54, 1.807) is 0 Å². The van der Waals surface area contributed by atoms with Gasteiger partial charge in [0.25, 0.3) is 0 Å². The lowest BCUT2D eigenvalue weighted by molar-refractivity contribution is -0.122. The molecule has 3 atom stereocenters. The maximum absolute atomic E-state index is 11.6. The maximum atomic E-state index is 11.6. The zero-order valence-electron chi connectivity index (χ0n) is 9.25. The highest BCUT2D eigenvalue weighted by molar-refractivity contribution is 9.10. The fourth-order valence-electron chi connectivity index (χ4n) is 2.39. The minimum Gasteiger partial charge on any atom is -0.375 e. The molecule has 86 valence electrons. The highest BCUT2D eigenvalue weighted by Gasteiger charge is 2.40. The van der Waals surface area contributed by atoms with E-state index >= 15 is 0 Å². The van der Waals surface area contributed by atoms with Gasteiger partial charge in [-0.3, -0.25) is 4.79 Å². The van der Waals surface area contributed by atoms with Crippen LogP contribution in [-0.4, -0.2) is 29.0 Å². The van der Waals surface area contributed by atoms with Crippen molar-refractivity contribution in [1.29, 1.82) is 0 Å². The van der Waals surface area contributed by atoms with Gasteiger partial charge in [-0.25, -0.2) is 0 Å². The maximum Gasteiger partial charge on any atom is 0.236 e. The summed E-state index contributed by atoms with van der Waals surface area (Å²) in [7, 11) is 0. The third-order valence-corrected chi connectivity index (χ3v) is 3.66. The first kappa shape index (κ1) is 11.4. The zero-order valence-corrected chi connectivity index (χ0v) is 10.8. The molecule has 3 unspecified atom stereocenters. The van der Waals surface area contributed by atoms with Crippen molar-refractivity contribution < 1.29 is 9.53 Å². The number of nitrogens with one attached hydrogen (secondary N) is 1. The summed E-state index contributed by atoms with van der Waals surface area (Å²) in [6.07, 6.45) is 4.36. The van der Waals surface area contributed by atoms with E-state index in [1.165, 1.54) is 12.8 Å². The third-order valence-electron chi connectivity index (χ3n) is 3.30. The van der Waals surface area contributed by atoms with E-state index in [4.69, 9.17) is 4.74 Å². The number of alkyl halides is 1. The Morgan fingerprint density at radius 3 is 2.73 bits per heavy atom. The van der Waals surface area contributed by atoms with Crippen LogP contribution in [0.1, 0.15) is 33.1 Å². The summed E-state index contributed by atoms with van der Waals surface area (Å²) in [4.78, 5) is 11.6. The van der Waals surface area contributed by atoms with Crippen LogP contribution >= 0.6 is 15.9 Å². The molecule has 2 aliphatic heterocycles. The standard InChI is InChI=1S/C11H18BrNO2/c1-11(2,12)10(14)13-6-7-5-8-3-4-9(7)15-8/h7-9H,3-6H2,1-2H3,(H,13,14). The van der Waals surface area contributed by atoms with E-state index in [0.717, 1.165) is 13.0 Å². The largest absolute Gasteiger partial charge is 0.375 e. The number of ether oxygens (including phenoxy) is 1. The molecule has 1 amide bonds. The third kappa shape index (κ3) is 2.53. The Kier molecular flexibility index (Phi) is 3.08. The molecule has 2 fully saturated rings. The molecule has 2 bridgehead atoms. The Morgan fingerprint density at radius 1 is 1.53 bits per heavy atom. The number of rotatable bonds is 3. The molecule has 2 heterocycles. The summed E-state index contributed by atoms with van der Waals surface area (Å²) in [5, 5.41) is 2.98. The van der Waals surface area contributed by atoms with Gasteiger partial charge in [0, 0.05) is 12.5 Å². The molecule has 0 spiro atoms. The second-order valence-electron chi connectivity index (χ2n) is 5.05. The predicted molar refractivity (Wildman–Crippen MR) is 62.0 cm³/mol. The summed E-state index contributed by atoms with van der Waals surface area (Å²) >= 11 is 3.35. The van der Waals surface area contributed by atoms with Gasteiger partial charge in [-0.1, -0.05) is 15.9 Å². The molecule has 0 aromatic carbocycles. The molecule has 2 aliphatic rings. The van der Waals surface area contributed by atoms with E-state index < -0.39 is 4.32 Å². The summed E-state index contributed by atoms with van der Waals surface area (Å²) in [5.74, 6) is 0.591. The van der Waals surface area contributed by atoms with Gasteiger partial charge in [-0.15, -0.1) is 0 Å². The topological polar surface area (TPSA) is 38.3 Å². The smallest absolute Gasteiger partial charge is 0.236 e. The van der Waals surface area contributed by atoms with Crippen LogP contribution in [0, 0.1) is 5.92 Å². The van der Waals surface area contributed by atoms with Gasteiger partial charge in [0.15, 0.2) is 0 Å². The molecule has 1 N–H and O–H groups in total. The van der Waals surface area contributed by atoms with Crippen LogP contribution in [0.15, 0.2) is 0 Å². The van der Waals surface area contributed by atoms with Gasteiger partial charge >= 0.3 is 0 Å². The Hall–Kier alpha value is -0.0900. The SMILES string of the molecule is CC(C)(Br)C(=O)NCC1CC2CCC1O2. The minimum absolute atomic E-state index is 0.0604. The molecule has 0 saturated carbocycles. The molecule has 4 heteroatoms. The first-order valence-corrected chi connectivity index (χ1v) is 6.39. The summed E-state index contributed by atoms with van der Waals surface area (Å²) in [6, 6.07) is 0. The van der Waals surface area contributed by atoms with Crippen LogP contribution in [0.3, 0.4) is 0 Å². The quantitative estimate of drug-likeness (QED) is 0.799. The van der Waals surface area contributed by atoms with Crippen molar-refractivity contribution in [2.75, 3.05) is 6.54 Å². The first-order chi connectivity index (χ1) is 6.97. The molecule has 0 aromatic rings. The molecular weight excluding hydrogens is 258 g/mol. The molecule has 0 aromatic heterocycles. The first-order valence-electron chi connectivity index (χ1n) is 5.59. The van der Waals surface area contributed by atoms with Crippen molar-refractivity contribution in [3.05, 3.63) is 0 Å². The number of hydrogen-bond acceptors (Lipinski definition) is 2. The van der Waals surface area contributed by atoms with Crippen molar-refractivity contribution in [2.45, 2.75) is 49.6 Å². The number of hydrogen-bond donors (Lipinski definition) is 1. The summed E-state index contributed by atoms with van der Waals surface area (Å²) < 4.78 is 5.27. The van der Waals surface area contributed by atoms with Crippen molar-refractivity contribution in [3.8, 4) is 0 Å². The minimum atomic E-state index is -0.467. The second kappa shape index (κ2) is 4.06. The van der Waals surface area contributed by atoms with Crippen molar-refractivity contribution >= 4 is 21.8 Å². The Labute approximate surface area is 99.1 Å². The van der Waals surface area contributed by atoms with Crippen molar-refractivity contribution in [3.63, 3.8) is 0 Å². The Balaban J connectivity index is 1.77. The number of fused-ring (bicyclic) bond motifs is 2. The number of carbonyl (C=O) groups excluding carboxylic acids is 1. The molecule has 3 nitrogen and oxygen atoms in total. The van der Waals surface area contributed by atoms with Crippen LogP contribution in [-0.2, 0) is 9.53 Å². The van der Waals surface area contributed by atoms with Crippen molar-refractivity contribution in [2.24, 2.45) is 5.92 Å². The van der Waals surface area contributed by atoms with Gasteiger partial charge in [-0.05, 0) is 33.1 Å². The highest BCUT2D eigenvalue weighted by Crippen LogP contribution is 2.38. The normalized spacial score (nSPS) is 34.5. The average Bonchev–Trinajstić information content (AvgIpc) is 2.73.